The number of carbonyl (C=O) groups excluding carboxylic acids is 2. The van der Waals surface area contributed by atoms with Crippen LogP contribution in [0.3, 0.4) is 0 Å². The molecule has 2 heterocycles. The van der Waals surface area contributed by atoms with Crippen LogP contribution in [0.1, 0.15) is 29.5 Å². The van der Waals surface area contributed by atoms with Gasteiger partial charge in [0, 0.05) is 19.6 Å². The number of nitrogens with one attached hydrogen (secondary N) is 2. The standard InChI is InChI=1S/C18H22N4O3/c1-2-19-17(23)13-8-9-22(11-13)18(24)16-10-14(20-21-16)12-25-15-6-4-3-5-7-15/h3-7,10,13H,2,8-9,11-12H2,1H3,(H,19,23)(H,20,21). The van der Waals surface area contributed by atoms with Crippen molar-refractivity contribution in [2.24, 2.45) is 5.92 Å². The third-order valence-electron chi connectivity index (χ3n) is 4.18. The Kier molecular flexibility index (Phi) is 5.33. The monoisotopic (exact) mass is 342 g/mol. The molecular weight excluding hydrogens is 320 g/mol. The number of nitrogens with zero attached hydrogens (tertiary/aromatic N) is 2. The van der Waals surface area contributed by atoms with Gasteiger partial charge in [0.25, 0.3) is 5.91 Å². The molecule has 2 N–H and O–H groups in total. The van der Waals surface area contributed by atoms with Crippen molar-refractivity contribution in [3.8, 4) is 5.75 Å². The van der Waals surface area contributed by atoms with Crippen molar-refractivity contribution in [3.63, 3.8) is 0 Å². The highest BCUT2D eigenvalue weighted by molar-refractivity contribution is 5.93. The zero-order valence-electron chi connectivity index (χ0n) is 14.2. The fraction of sp³-hybridized carbons (Fsp3) is 0.389. The van der Waals surface area contributed by atoms with Gasteiger partial charge in [-0.2, -0.15) is 5.10 Å². The molecule has 7 nitrogen and oxygen atoms in total. The van der Waals surface area contributed by atoms with Gasteiger partial charge < -0.3 is 15.0 Å². The minimum absolute atomic E-state index is 0.0109. The summed E-state index contributed by atoms with van der Waals surface area (Å²) >= 11 is 0. The molecule has 1 aliphatic rings. The van der Waals surface area contributed by atoms with Gasteiger partial charge in [-0.3, -0.25) is 14.7 Å². The van der Waals surface area contributed by atoms with Crippen molar-refractivity contribution in [3.05, 3.63) is 47.8 Å². The van der Waals surface area contributed by atoms with Crippen molar-refractivity contribution in [2.75, 3.05) is 19.6 Å². The fourth-order valence-electron chi connectivity index (χ4n) is 2.86. The molecule has 0 aliphatic carbocycles. The van der Waals surface area contributed by atoms with E-state index < -0.39 is 0 Å². The first kappa shape index (κ1) is 17.0. The van der Waals surface area contributed by atoms with Crippen LogP contribution in [0.5, 0.6) is 5.75 Å². The van der Waals surface area contributed by atoms with Gasteiger partial charge in [0.15, 0.2) is 5.69 Å². The first-order chi connectivity index (χ1) is 12.2. The molecule has 2 aromatic rings. The van der Waals surface area contributed by atoms with Crippen molar-refractivity contribution in [1.29, 1.82) is 0 Å². The summed E-state index contributed by atoms with van der Waals surface area (Å²) in [4.78, 5) is 26.1. The fourth-order valence-corrected chi connectivity index (χ4v) is 2.86. The molecule has 1 fully saturated rings. The highest BCUT2D eigenvalue weighted by atomic mass is 16.5. The van der Waals surface area contributed by atoms with Crippen LogP contribution in [0.15, 0.2) is 36.4 Å². The average molecular weight is 342 g/mol. The lowest BCUT2D eigenvalue weighted by atomic mass is 10.1. The molecule has 1 aliphatic heterocycles. The Morgan fingerprint density at radius 1 is 1.36 bits per heavy atom. The third-order valence-corrected chi connectivity index (χ3v) is 4.18. The molecular formula is C18H22N4O3. The van der Waals surface area contributed by atoms with Crippen LogP contribution in [-0.2, 0) is 11.4 Å². The summed E-state index contributed by atoms with van der Waals surface area (Å²) in [6.45, 7) is 3.81. The van der Waals surface area contributed by atoms with E-state index >= 15 is 0 Å². The first-order valence-electron chi connectivity index (χ1n) is 8.46. The number of para-hydroxylation sites is 1. The van der Waals surface area contributed by atoms with E-state index in [1.807, 2.05) is 37.3 Å². The average Bonchev–Trinajstić information content (AvgIpc) is 3.30. The first-order valence-corrected chi connectivity index (χ1v) is 8.46. The lowest BCUT2D eigenvalue weighted by Crippen LogP contribution is -2.34. The number of likely N-dealkylation sites (tertiary alicyclic amines) is 1. The normalized spacial score (nSPS) is 16.7. The minimum atomic E-state index is -0.158. The molecule has 7 heteroatoms. The minimum Gasteiger partial charge on any atom is -0.487 e. The van der Waals surface area contributed by atoms with Crippen molar-refractivity contribution < 1.29 is 14.3 Å². The maximum atomic E-state index is 12.5. The Labute approximate surface area is 146 Å². The number of H-pyrrole nitrogens is 1. The third kappa shape index (κ3) is 4.17. The Balaban J connectivity index is 1.55. The number of hydrogen-bond donors (Lipinski definition) is 2. The molecule has 1 saturated heterocycles. The van der Waals surface area contributed by atoms with Crippen LogP contribution < -0.4 is 10.1 Å². The van der Waals surface area contributed by atoms with E-state index in [0.717, 1.165) is 11.4 Å². The van der Waals surface area contributed by atoms with Gasteiger partial charge in [0.2, 0.25) is 5.91 Å². The van der Waals surface area contributed by atoms with Gasteiger partial charge in [-0.1, -0.05) is 18.2 Å². The van der Waals surface area contributed by atoms with Gasteiger partial charge in [-0.15, -0.1) is 0 Å². The topological polar surface area (TPSA) is 87.3 Å². The Hall–Kier alpha value is -2.83. The van der Waals surface area contributed by atoms with Gasteiger partial charge >= 0.3 is 0 Å². The predicted octanol–water partition coefficient (Wildman–Crippen LogP) is 1.59. The van der Waals surface area contributed by atoms with E-state index in [0.29, 0.717) is 38.4 Å². The lowest BCUT2D eigenvalue weighted by molar-refractivity contribution is -0.124. The SMILES string of the molecule is CCNC(=O)C1CCN(C(=O)c2cc(COc3ccccc3)[nH]n2)C1. The van der Waals surface area contributed by atoms with E-state index in [1.54, 1.807) is 11.0 Å². The molecule has 2 amide bonds. The van der Waals surface area contributed by atoms with E-state index in [4.69, 9.17) is 4.74 Å². The van der Waals surface area contributed by atoms with Crippen LogP contribution in [0, 0.1) is 5.92 Å². The van der Waals surface area contributed by atoms with Crippen LogP contribution in [0.4, 0.5) is 0 Å². The predicted molar refractivity (Wildman–Crippen MR) is 92.1 cm³/mol. The van der Waals surface area contributed by atoms with Crippen molar-refractivity contribution in [2.45, 2.75) is 20.0 Å². The summed E-state index contributed by atoms with van der Waals surface area (Å²) in [5.41, 5.74) is 1.08. The lowest BCUT2D eigenvalue weighted by Gasteiger charge is -2.14. The van der Waals surface area contributed by atoms with E-state index in [-0.39, 0.29) is 17.7 Å². The number of benzene rings is 1. The molecule has 1 aromatic carbocycles. The number of carbonyl (C=O) groups is 2. The zero-order valence-corrected chi connectivity index (χ0v) is 14.2. The number of amides is 2. The van der Waals surface area contributed by atoms with Gasteiger partial charge in [-0.25, -0.2) is 0 Å². The maximum absolute atomic E-state index is 12.5. The molecule has 0 radical (unpaired) electrons. The van der Waals surface area contributed by atoms with Crippen molar-refractivity contribution in [1.82, 2.24) is 20.4 Å². The number of rotatable bonds is 6. The van der Waals surface area contributed by atoms with Gasteiger partial charge in [0.05, 0.1) is 11.6 Å². The molecule has 132 valence electrons. The second-order valence-corrected chi connectivity index (χ2v) is 6.01. The number of hydrogen-bond acceptors (Lipinski definition) is 4. The van der Waals surface area contributed by atoms with Crippen molar-refractivity contribution >= 4 is 11.8 Å². The van der Waals surface area contributed by atoms with Gasteiger partial charge in [0.1, 0.15) is 12.4 Å². The smallest absolute Gasteiger partial charge is 0.274 e. The number of aromatic amines is 1. The summed E-state index contributed by atoms with van der Waals surface area (Å²) in [7, 11) is 0. The summed E-state index contributed by atoms with van der Waals surface area (Å²) in [6, 6.07) is 11.2. The van der Waals surface area contributed by atoms with E-state index in [9.17, 15) is 9.59 Å². The quantitative estimate of drug-likeness (QED) is 0.834. The summed E-state index contributed by atoms with van der Waals surface area (Å²) in [6.07, 6.45) is 0.686. The molecule has 0 spiro atoms. The van der Waals surface area contributed by atoms with Crippen LogP contribution in [-0.4, -0.2) is 46.5 Å². The highest BCUT2D eigenvalue weighted by Crippen LogP contribution is 2.19. The zero-order chi connectivity index (χ0) is 17.6. The van der Waals surface area contributed by atoms with Crippen LogP contribution >= 0.6 is 0 Å². The Morgan fingerprint density at radius 3 is 2.92 bits per heavy atom. The second-order valence-electron chi connectivity index (χ2n) is 6.01. The van der Waals surface area contributed by atoms with E-state index in [2.05, 4.69) is 15.5 Å². The van der Waals surface area contributed by atoms with Crippen LogP contribution in [0.25, 0.3) is 0 Å². The molecule has 0 saturated carbocycles. The number of aromatic nitrogens is 2. The Morgan fingerprint density at radius 2 is 2.16 bits per heavy atom. The maximum Gasteiger partial charge on any atom is 0.274 e. The largest absolute Gasteiger partial charge is 0.487 e. The summed E-state index contributed by atoms with van der Waals surface area (Å²) in [5, 5.41) is 9.72. The molecule has 1 unspecified atom stereocenters. The number of ether oxygens (including phenoxy) is 1. The molecule has 1 atom stereocenters. The molecule has 1 aromatic heterocycles. The molecule has 0 bridgehead atoms. The summed E-state index contributed by atoms with van der Waals surface area (Å²) < 4.78 is 5.64. The van der Waals surface area contributed by atoms with Crippen LogP contribution in [0.2, 0.25) is 0 Å². The highest BCUT2D eigenvalue weighted by Gasteiger charge is 2.32. The second kappa shape index (κ2) is 7.83. The van der Waals surface area contributed by atoms with Gasteiger partial charge in [-0.05, 0) is 31.5 Å². The summed E-state index contributed by atoms with van der Waals surface area (Å²) in [5.74, 6) is 0.476. The Bertz CT molecular complexity index is 729. The molecule has 25 heavy (non-hydrogen) atoms. The van der Waals surface area contributed by atoms with E-state index in [1.165, 1.54) is 0 Å². The molecule has 3 rings (SSSR count).